The maximum absolute atomic E-state index is 14.0. The van der Waals surface area contributed by atoms with Crippen LogP contribution in [0.1, 0.15) is 117 Å². The maximum Gasteiger partial charge on any atom is 0.335 e. The molecule has 1 aliphatic rings. The molecule has 4 N–H and O–H groups in total. The molecule has 0 saturated carbocycles. The summed E-state index contributed by atoms with van der Waals surface area (Å²) >= 11 is 1.49. The van der Waals surface area contributed by atoms with Crippen molar-refractivity contribution in [2.75, 3.05) is 30.8 Å². The van der Waals surface area contributed by atoms with Gasteiger partial charge in [0.15, 0.2) is 0 Å². The third-order valence-corrected chi connectivity index (χ3v) is 11.9. The van der Waals surface area contributed by atoms with E-state index in [2.05, 4.69) is 29.4 Å². The van der Waals surface area contributed by atoms with E-state index in [0.717, 1.165) is 84.9 Å². The fourth-order valence-corrected chi connectivity index (χ4v) is 8.63. The fourth-order valence-electron chi connectivity index (χ4n) is 7.35. The molecule has 0 bridgehead atoms. The first-order valence-corrected chi connectivity index (χ1v) is 20.7. The van der Waals surface area contributed by atoms with E-state index in [4.69, 9.17) is 10.2 Å². The highest BCUT2D eigenvalue weighted by molar-refractivity contribution is 7.17. The van der Waals surface area contributed by atoms with Crippen LogP contribution in [0.3, 0.4) is 0 Å². The number of benzene rings is 3. The van der Waals surface area contributed by atoms with E-state index in [1.807, 2.05) is 54.6 Å². The van der Waals surface area contributed by atoms with Gasteiger partial charge in [-0.2, -0.15) is 0 Å². The third-order valence-electron chi connectivity index (χ3n) is 10.7. The number of aliphatic carboxylic acids is 1. The van der Waals surface area contributed by atoms with E-state index >= 15 is 0 Å². The highest BCUT2D eigenvalue weighted by atomic mass is 35.5. The Balaban J connectivity index is 0.00000744. The van der Waals surface area contributed by atoms with Crippen molar-refractivity contribution in [1.29, 1.82) is 0 Å². The quantitative estimate of drug-likeness (QED) is 0.0684. The summed E-state index contributed by atoms with van der Waals surface area (Å²) < 4.78 is 0. The number of aryl methyl sites for hydroxylation is 3. The van der Waals surface area contributed by atoms with Crippen LogP contribution in [-0.2, 0) is 41.8 Å². The minimum atomic E-state index is -0.993. The molecule has 0 unspecified atom stereocenters. The predicted octanol–water partition coefficient (Wildman–Crippen LogP) is 8.74. The lowest BCUT2D eigenvalue weighted by Crippen LogP contribution is -2.41. The zero-order chi connectivity index (χ0) is 40.9. The second-order valence-electron chi connectivity index (χ2n) is 14.7. The van der Waals surface area contributed by atoms with E-state index in [1.165, 1.54) is 11.3 Å². The number of halogens is 1. The van der Waals surface area contributed by atoms with E-state index in [9.17, 15) is 24.0 Å². The van der Waals surface area contributed by atoms with Crippen molar-refractivity contribution in [2.24, 2.45) is 0 Å². The molecular weight excluding hydrogens is 776 g/mol. The zero-order valence-corrected chi connectivity index (χ0v) is 35.2. The van der Waals surface area contributed by atoms with Gasteiger partial charge in [0.25, 0.3) is 11.8 Å². The van der Waals surface area contributed by atoms with Gasteiger partial charge < -0.3 is 25.7 Å². The smallest absolute Gasteiger partial charge is 0.335 e. The van der Waals surface area contributed by atoms with E-state index in [-0.39, 0.29) is 54.6 Å². The number of aromatic carboxylic acids is 1. The number of carboxylic acid groups (broad SMARTS) is 2. The molecule has 310 valence electrons. The highest BCUT2D eigenvalue weighted by Gasteiger charge is 2.27. The minimum absolute atomic E-state index is 0. The summed E-state index contributed by atoms with van der Waals surface area (Å²) in [6.07, 6.45) is 7.87. The average molecular weight is 831 g/mol. The number of hydrogen-bond acceptors (Lipinski definition) is 7. The van der Waals surface area contributed by atoms with Crippen molar-refractivity contribution in [1.82, 2.24) is 9.80 Å². The molecule has 0 saturated heterocycles. The summed E-state index contributed by atoms with van der Waals surface area (Å²) in [7, 11) is 1.70. The molecule has 5 rings (SSSR count). The Morgan fingerprint density at radius 2 is 1.40 bits per heavy atom. The Labute approximate surface area is 351 Å². The molecule has 1 aliphatic carbocycles. The number of fused-ring (bicyclic) bond motifs is 1. The number of thiophene rings is 1. The molecule has 3 aromatic carbocycles. The van der Waals surface area contributed by atoms with Crippen molar-refractivity contribution in [3.63, 3.8) is 0 Å². The summed E-state index contributed by atoms with van der Waals surface area (Å²) in [5.41, 5.74) is 6.04. The fraction of sp³-hybridized carbons (Fsp3) is 0.400. The first-order chi connectivity index (χ1) is 27.4. The Morgan fingerprint density at radius 1 is 0.741 bits per heavy atom. The number of carboxylic acids is 2. The van der Waals surface area contributed by atoms with Crippen LogP contribution in [-0.4, -0.2) is 75.9 Å². The predicted molar refractivity (Wildman–Crippen MR) is 232 cm³/mol. The Bertz CT molecular complexity index is 2030. The molecule has 13 heteroatoms. The van der Waals surface area contributed by atoms with Crippen molar-refractivity contribution < 1.29 is 34.2 Å². The summed E-state index contributed by atoms with van der Waals surface area (Å²) in [5, 5.41) is 24.9. The molecule has 4 aromatic rings. The zero-order valence-electron chi connectivity index (χ0n) is 33.6. The molecule has 0 atom stereocenters. The van der Waals surface area contributed by atoms with Gasteiger partial charge in [0, 0.05) is 55.3 Å². The number of carbonyl (C=O) groups excluding carboxylic acids is 3. The van der Waals surface area contributed by atoms with Crippen molar-refractivity contribution in [3.05, 3.63) is 117 Å². The van der Waals surface area contributed by atoms with Crippen LogP contribution in [0.5, 0.6) is 0 Å². The number of hydrogen-bond donors (Lipinski definition) is 4. The molecule has 0 radical (unpaired) electrons. The first kappa shape index (κ1) is 45.7. The number of nitrogens with one attached hydrogen (secondary N) is 2. The molecular formula is C45H55ClN4O7S. The SMILES string of the molecule is CCC(CC)N(CCN(C)C(=O)CCC(=O)O)Cc1cccc(C(=O)Nc2sc3c(c2C(=O)Nc2ccc(CCc4ccc(C(=O)O)cc4)cc2)CCCCC3)c1.Cl. The van der Waals surface area contributed by atoms with E-state index in [0.29, 0.717) is 41.4 Å². The first-order valence-electron chi connectivity index (χ1n) is 19.9. The van der Waals surface area contributed by atoms with Crippen LogP contribution in [0.2, 0.25) is 0 Å². The molecule has 1 aromatic heterocycles. The normalized spacial score (nSPS) is 12.3. The summed E-state index contributed by atoms with van der Waals surface area (Å²) in [4.78, 5) is 67.6. The lowest BCUT2D eigenvalue weighted by atomic mass is 10.0. The van der Waals surface area contributed by atoms with Crippen molar-refractivity contribution >= 4 is 64.1 Å². The van der Waals surface area contributed by atoms with Gasteiger partial charge in [0.2, 0.25) is 5.91 Å². The van der Waals surface area contributed by atoms with Crippen LogP contribution in [0, 0.1) is 0 Å². The largest absolute Gasteiger partial charge is 0.481 e. The van der Waals surface area contributed by atoms with Crippen LogP contribution in [0.25, 0.3) is 0 Å². The van der Waals surface area contributed by atoms with Crippen LogP contribution in [0.4, 0.5) is 10.7 Å². The van der Waals surface area contributed by atoms with Crippen LogP contribution in [0.15, 0.2) is 72.8 Å². The van der Waals surface area contributed by atoms with E-state index < -0.39 is 11.9 Å². The lowest BCUT2D eigenvalue weighted by Gasteiger charge is -2.32. The van der Waals surface area contributed by atoms with Crippen LogP contribution >= 0.6 is 23.7 Å². The monoisotopic (exact) mass is 830 g/mol. The minimum Gasteiger partial charge on any atom is -0.481 e. The van der Waals surface area contributed by atoms with Crippen LogP contribution < -0.4 is 10.6 Å². The molecule has 58 heavy (non-hydrogen) atoms. The van der Waals surface area contributed by atoms with Gasteiger partial charge in [-0.25, -0.2) is 4.79 Å². The van der Waals surface area contributed by atoms with Gasteiger partial charge in [-0.3, -0.25) is 24.1 Å². The number of nitrogens with zero attached hydrogens (tertiary/aromatic N) is 2. The van der Waals surface area contributed by atoms with Crippen molar-refractivity contribution in [3.8, 4) is 0 Å². The maximum atomic E-state index is 14.0. The lowest BCUT2D eigenvalue weighted by molar-refractivity contribution is -0.140. The number of anilines is 2. The summed E-state index contributed by atoms with van der Waals surface area (Å²) in [6.45, 7) is 5.90. The summed E-state index contributed by atoms with van der Waals surface area (Å²) in [6, 6.07) is 22.4. The molecule has 0 aliphatic heterocycles. The highest BCUT2D eigenvalue weighted by Crippen LogP contribution is 2.38. The Morgan fingerprint density at radius 3 is 2.03 bits per heavy atom. The number of likely N-dealkylation sites (N-methyl/N-ethyl adjacent to an activating group) is 1. The topological polar surface area (TPSA) is 156 Å². The second-order valence-corrected chi connectivity index (χ2v) is 15.8. The Hall–Kier alpha value is -5.04. The van der Waals surface area contributed by atoms with E-state index in [1.54, 1.807) is 30.1 Å². The standard InChI is InChI=1S/C45H54N4O7S.ClH/c1-4-36(5-2)49(27-26-48(3)39(50)24-25-40(51)52)29-32-10-9-11-34(28-32)42(53)47-44-41(37-12-7-6-8-13-38(37)57-44)43(54)46-35-22-18-31(19-23-35)15-14-30-16-20-33(21-17-30)45(55)56;/h9-11,16-23,28,36H,4-8,12-15,24-27,29H2,1-3H3,(H,46,54)(H,47,53)(H,51,52)(H,55,56);1H. The van der Waals surface area contributed by atoms with Gasteiger partial charge in [0.05, 0.1) is 17.5 Å². The molecule has 11 nitrogen and oxygen atoms in total. The third kappa shape index (κ3) is 12.7. The number of rotatable bonds is 19. The second kappa shape index (κ2) is 22.2. The Kier molecular flexibility index (Phi) is 17.5. The molecule has 0 fully saturated rings. The molecule has 1 heterocycles. The molecule has 0 spiro atoms. The molecule has 3 amide bonds. The number of amides is 3. The van der Waals surface area contributed by atoms with Gasteiger partial charge >= 0.3 is 11.9 Å². The van der Waals surface area contributed by atoms with Gasteiger partial charge in [-0.05, 0) is 110 Å². The van der Waals surface area contributed by atoms with Gasteiger partial charge in [-0.15, -0.1) is 23.7 Å². The summed E-state index contributed by atoms with van der Waals surface area (Å²) in [5.74, 6) is -2.68. The van der Waals surface area contributed by atoms with Gasteiger partial charge in [-0.1, -0.05) is 56.7 Å². The van der Waals surface area contributed by atoms with Crippen molar-refractivity contribution in [2.45, 2.75) is 97.1 Å². The number of carbonyl (C=O) groups is 5. The van der Waals surface area contributed by atoms with Gasteiger partial charge in [0.1, 0.15) is 5.00 Å². The average Bonchev–Trinajstić information content (AvgIpc) is 3.38.